The minimum Gasteiger partial charge on any atom is -0.478 e. The quantitative estimate of drug-likeness (QED) is 0.119. The van der Waals surface area contributed by atoms with Crippen molar-refractivity contribution in [3.63, 3.8) is 0 Å². The van der Waals surface area contributed by atoms with Gasteiger partial charge in [-0.05, 0) is 201 Å². The summed E-state index contributed by atoms with van der Waals surface area (Å²) in [6, 6.07) is 59.0. The number of H-pyrrole nitrogens is 2. The largest absolute Gasteiger partial charge is 0.478 e. The molecule has 0 saturated carbocycles. The molecule has 7 aromatic heterocycles. The first-order valence-corrected chi connectivity index (χ1v) is 33.6. The minimum absolute atomic E-state index is 0.0485. The fraction of sp³-hybridized carbons (Fsp3) is 0.195. The molecule has 12 heteroatoms. The number of fused-ring (bicyclic) bond motifs is 14. The molecule has 0 radical (unpaired) electrons. The summed E-state index contributed by atoms with van der Waals surface area (Å²) in [6.45, 7) is 27.3. The van der Waals surface area contributed by atoms with Crippen molar-refractivity contribution >= 4 is 125 Å². The number of thiophene rings is 2. The van der Waals surface area contributed by atoms with Gasteiger partial charge in [0.25, 0.3) is 0 Å². The number of aromatic carboxylic acids is 2. The summed E-state index contributed by atoms with van der Waals surface area (Å²) in [5.41, 5.74) is 20.8. The summed E-state index contributed by atoms with van der Waals surface area (Å²) >= 11 is 3.45. The SMILES string of the molecule is CC(C)(C)c1ccc2c(c1)c1cc(C(C)(C)C)ccc1n2-c1ccc(-c2c3nc(c(-c4ccc(-n5c6ccc(C(C)(C)C)cc6c6cc(C(C)(C)C)ccc65)s4)c4ccc([nH]4)c(-c4ccc(C(=O)O)cc4)c4nc(c(-c5ccc(C(=O)O)cc5)c5ccc2[nH]5)C=C4)C=C3)s1. The molecular weight excluding hydrogens is 1200 g/mol. The Morgan fingerprint density at radius 1 is 0.351 bits per heavy atom. The number of rotatable bonds is 8. The topological polar surface area (TPSA) is 142 Å². The zero-order chi connectivity index (χ0) is 65.7. The second-order valence-electron chi connectivity index (χ2n) is 29.1. The predicted molar refractivity (Wildman–Crippen MR) is 394 cm³/mol. The van der Waals surface area contributed by atoms with Gasteiger partial charge in [0.1, 0.15) is 10.0 Å². The Morgan fingerprint density at radius 2 is 0.628 bits per heavy atom. The maximum absolute atomic E-state index is 12.3. The van der Waals surface area contributed by atoms with E-state index >= 15 is 0 Å². The summed E-state index contributed by atoms with van der Waals surface area (Å²) in [5.74, 6) is -2.03. The van der Waals surface area contributed by atoms with Gasteiger partial charge in [0.15, 0.2) is 0 Å². The van der Waals surface area contributed by atoms with Crippen LogP contribution in [0.5, 0.6) is 0 Å². The number of carbonyl (C=O) groups is 2. The predicted octanol–water partition coefficient (Wildman–Crippen LogP) is 22.2. The van der Waals surface area contributed by atoms with Gasteiger partial charge in [-0.3, -0.25) is 0 Å². The maximum atomic E-state index is 12.3. The first kappa shape index (κ1) is 60.1. The smallest absolute Gasteiger partial charge is 0.335 e. The van der Waals surface area contributed by atoms with E-state index in [4.69, 9.17) is 9.97 Å². The molecule has 9 heterocycles. The van der Waals surface area contributed by atoms with Crippen LogP contribution in [0.15, 0.2) is 170 Å². The van der Waals surface area contributed by atoms with Crippen LogP contribution in [0.1, 0.15) is 149 Å². The molecule has 0 spiro atoms. The van der Waals surface area contributed by atoms with E-state index in [-0.39, 0.29) is 32.8 Å². The van der Waals surface area contributed by atoms with Gasteiger partial charge in [-0.2, -0.15) is 0 Å². The monoisotopic (exact) mass is 1270 g/mol. The maximum Gasteiger partial charge on any atom is 0.335 e. The standard InChI is InChI=1S/C82H72N6O4S2/c1-79(2,3)49-21-33-65-53(41-49)54-42-50(80(4,5)6)22-34-66(54)87(65)71-39-37-69(93-71)75-61-29-27-59(84-61)73(45-13-17-47(18-14-45)77(89)90)57-25-26-58(83-57)74(46-15-19-48(20-16-46)78(91)92)60-28-30-62(85-60)76(64-32-31-63(75)86-64)70-38-40-72(94-70)88-67-35-23-51(81(7,8)9)43-55(67)56-44-52(82(10,11)12)24-36-68(56)88/h13-44,84-85H,1-12H3,(H,89,90)(H,91,92). The molecule has 0 unspecified atom stereocenters. The highest BCUT2D eigenvalue weighted by molar-refractivity contribution is 7.18. The number of nitrogens with one attached hydrogen (secondary N) is 2. The van der Waals surface area contributed by atoms with Crippen LogP contribution in [0.3, 0.4) is 0 Å². The van der Waals surface area contributed by atoms with Crippen LogP contribution >= 0.6 is 22.7 Å². The Kier molecular flexibility index (Phi) is 13.9. The molecule has 0 saturated heterocycles. The van der Waals surface area contributed by atoms with Crippen molar-refractivity contribution in [2.45, 2.75) is 105 Å². The van der Waals surface area contributed by atoms with Crippen LogP contribution in [0, 0.1) is 0 Å². The molecule has 8 bridgehead atoms. The van der Waals surface area contributed by atoms with E-state index < -0.39 is 11.9 Å². The number of hydrogen-bond acceptors (Lipinski definition) is 6. The Bertz CT molecular complexity index is 5110. The van der Waals surface area contributed by atoms with E-state index in [0.717, 1.165) is 109 Å². The molecule has 2 aliphatic heterocycles. The molecule has 0 amide bonds. The summed E-state index contributed by atoms with van der Waals surface area (Å²) in [4.78, 5) is 45.6. The van der Waals surface area contributed by atoms with Gasteiger partial charge in [-0.25, -0.2) is 19.6 Å². The summed E-state index contributed by atoms with van der Waals surface area (Å²) in [6.07, 6.45) is 8.27. The van der Waals surface area contributed by atoms with E-state index in [0.29, 0.717) is 11.4 Å². The Hall–Kier alpha value is -10.1. The number of carboxylic acid groups (broad SMARTS) is 2. The van der Waals surface area contributed by atoms with Crippen LogP contribution in [-0.4, -0.2) is 51.2 Å². The molecule has 0 aliphatic carbocycles. The lowest BCUT2D eigenvalue weighted by molar-refractivity contribution is 0.0686. The molecule has 0 atom stereocenters. The number of nitrogens with zero attached hydrogens (tertiary/aromatic N) is 4. The first-order valence-electron chi connectivity index (χ1n) is 32.0. The van der Waals surface area contributed by atoms with Crippen LogP contribution in [0.2, 0.25) is 0 Å². The Morgan fingerprint density at radius 3 is 0.904 bits per heavy atom. The average Bonchev–Trinajstić information content (AvgIpc) is 1.59. The van der Waals surface area contributed by atoms with Crippen LogP contribution < -0.4 is 0 Å². The van der Waals surface area contributed by atoms with Crippen LogP contribution in [0.25, 0.3) is 143 Å². The van der Waals surface area contributed by atoms with Crippen molar-refractivity contribution < 1.29 is 19.8 Å². The van der Waals surface area contributed by atoms with Gasteiger partial charge in [0, 0.05) is 75.6 Å². The minimum atomic E-state index is -1.02. The number of aromatic nitrogens is 6. The van der Waals surface area contributed by atoms with Gasteiger partial charge in [0.2, 0.25) is 0 Å². The van der Waals surface area contributed by atoms with Crippen LogP contribution in [-0.2, 0) is 21.7 Å². The molecule has 2 aliphatic rings. The van der Waals surface area contributed by atoms with Crippen molar-refractivity contribution in [3.05, 3.63) is 226 Å². The third-order valence-electron chi connectivity index (χ3n) is 18.7. The molecule has 94 heavy (non-hydrogen) atoms. The number of hydrogen-bond donors (Lipinski definition) is 4. The molecule has 10 nitrogen and oxygen atoms in total. The van der Waals surface area contributed by atoms with Crippen molar-refractivity contribution in [2.24, 2.45) is 0 Å². The molecule has 0 fully saturated rings. The second-order valence-corrected chi connectivity index (χ2v) is 31.3. The third-order valence-corrected chi connectivity index (χ3v) is 20.9. The van der Waals surface area contributed by atoms with E-state index in [9.17, 15) is 19.8 Å². The zero-order valence-electron chi connectivity index (χ0n) is 54.8. The second kappa shape index (κ2) is 21.7. The molecule has 15 rings (SSSR count). The van der Waals surface area contributed by atoms with Gasteiger partial charge >= 0.3 is 11.9 Å². The molecule has 466 valence electrons. The molecular formula is C82H72N6O4S2. The van der Waals surface area contributed by atoms with E-state index in [1.165, 1.54) is 43.8 Å². The average molecular weight is 1270 g/mol. The molecule has 4 N–H and O–H groups in total. The highest BCUT2D eigenvalue weighted by Gasteiger charge is 2.27. The Labute approximate surface area is 553 Å². The van der Waals surface area contributed by atoms with E-state index in [1.807, 2.05) is 36.4 Å². The molecule has 6 aromatic carbocycles. The van der Waals surface area contributed by atoms with Gasteiger partial charge in [-0.1, -0.05) is 132 Å². The van der Waals surface area contributed by atoms with Crippen molar-refractivity contribution in [2.75, 3.05) is 0 Å². The van der Waals surface area contributed by atoms with E-state index in [1.54, 1.807) is 46.9 Å². The van der Waals surface area contributed by atoms with Crippen molar-refractivity contribution in [1.29, 1.82) is 0 Å². The van der Waals surface area contributed by atoms with E-state index in [2.05, 4.69) is 236 Å². The van der Waals surface area contributed by atoms with Gasteiger partial charge in [0.05, 0.1) is 56.0 Å². The number of carboxylic acids is 2. The zero-order valence-corrected chi connectivity index (χ0v) is 56.4. The number of benzene rings is 6. The lowest BCUT2D eigenvalue weighted by Crippen LogP contribution is -2.10. The first-order chi connectivity index (χ1) is 44.7. The lowest BCUT2D eigenvalue weighted by Gasteiger charge is -2.19. The highest BCUT2D eigenvalue weighted by atomic mass is 32.1. The van der Waals surface area contributed by atoms with Gasteiger partial charge < -0.3 is 29.3 Å². The third kappa shape index (κ3) is 10.3. The van der Waals surface area contributed by atoms with Crippen molar-refractivity contribution in [1.82, 2.24) is 29.1 Å². The lowest BCUT2D eigenvalue weighted by atomic mass is 9.85. The fourth-order valence-corrected chi connectivity index (χ4v) is 15.6. The summed E-state index contributed by atoms with van der Waals surface area (Å²) < 4.78 is 4.84. The Balaban J connectivity index is 1.01. The van der Waals surface area contributed by atoms with Gasteiger partial charge in [-0.15, -0.1) is 22.7 Å². The molecule has 13 aromatic rings. The van der Waals surface area contributed by atoms with Crippen LogP contribution in [0.4, 0.5) is 0 Å². The summed E-state index contributed by atoms with van der Waals surface area (Å²) in [5, 5.41) is 27.1. The number of aromatic amines is 2. The highest BCUT2D eigenvalue weighted by Crippen LogP contribution is 2.47. The van der Waals surface area contributed by atoms with Crippen molar-refractivity contribution in [3.8, 4) is 53.1 Å². The summed E-state index contributed by atoms with van der Waals surface area (Å²) in [7, 11) is 0. The normalized spacial score (nSPS) is 13.0. The fourth-order valence-electron chi connectivity index (χ4n) is 13.4.